The summed E-state index contributed by atoms with van der Waals surface area (Å²) in [7, 11) is 0. The molecule has 0 radical (unpaired) electrons. The Bertz CT molecular complexity index is 677. The average molecular weight is 597 g/mol. The molecule has 0 rings (SSSR count). The smallest absolute Gasteiger partial charge is 0.362 e. The van der Waals surface area contributed by atoms with E-state index in [0.29, 0.717) is 25.7 Å². The van der Waals surface area contributed by atoms with E-state index in [2.05, 4.69) is 19.1 Å². The summed E-state index contributed by atoms with van der Waals surface area (Å²) >= 11 is 0. The maximum Gasteiger partial charge on any atom is 0.362 e. The quantitative estimate of drug-likeness (QED) is 0.0433. The molecule has 0 heterocycles. The van der Waals surface area contributed by atoms with Crippen molar-refractivity contribution >= 4 is 17.9 Å². The van der Waals surface area contributed by atoms with Gasteiger partial charge < -0.3 is 15.3 Å². The number of carboxylic acid groups (broad SMARTS) is 3. The number of allylic oxidation sites excluding steroid dienone is 2. The predicted octanol–water partition coefficient (Wildman–Crippen LogP) is 9.38. The van der Waals surface area contributed by atoms with Crippen molar-refractivity contribution in [2.45, 2.75) is 187 Å². The monoisotopic (exact) mass is 596 g/mol. The Morgan fingerprint density at radius 3 is 1.10 bits per heavy atom. The highest BCUT2D eigenvalue weighted by Crippen LogP contribution is 2.34. The van der Waals surface area contributed by atoms with Crippen LogP contribution in [0.1, 0.15) is 169 Å². The third kappa shape index (κ3) is 15.5. The molecule has 3 atom stereocenters. The van der Waals surface area contributed by atoms with Crippen molar-refractivity contribution in [2.24, 2.45) is 0 Å². The maximum atomic E-state index is 12.6. The number of carbonyl (C=O) groups is 3. The van der Waals surface area contributed by atoms with Gasteiger partial charge in [-0.05, 0) is 57.8 Å². The highest BCUT2D eigenvalue weighted by atomic mass is 16.4. The van der Waals surface area contributed by atoms with Crippen LogP contribution >= 0.6 is 0 Å². The largest absolute Gasteiger partial charge is 0.477 e. The van der Waals surface area contributed by atoms with Gasteiger partial charge in [-0.3, -0.25) is 4.48 Å². The summed E-state index contributed by atoms with van der Waals surface area (Å²) < 4.78 is -0.381. The van der Waals surface area contributed by atoms with E-state index in [9.17, 15) is 29.7 Å². The Balaban J connectivity index is 4.97. The fourth-order valence-corrected chi connectivity index (χ4v) is 6.63. The summed E-state index contributed by atoms with van der Waals surface area (Å²) in [5.74, 6) is -3.27. The fraction of sp³-hybridized carbons (Fsp3) is 0.857. The minimum Gasteiger partial charge on any atom is -0.477 e. The average Bonchev–Trinajstić information content (AvgIpc) is 2.95. The molecule has 0 aromatic heterocycles. The van der Waals surface area contributed by atoms with Crippen LogP contribution in [0.3, 0.4) is 0 Å². The second-order valence-corrected chi connectivity index (χ2v) is 12.3. The lowest BCUT2D eigenvalue weighted by Gasteiger charge is -2.50. The normalized spacial score (nSPS) is 15.3. The van der Waals surface area contributed by atoms with Gasteiger partial charge in [0.25, 0.3) is 0 Å². The van der Waals surface area contributed by atoms with Crippen molar-refractivity contribution < 1.29 is 34.2 Å². The van der Waals surface area contributed by atoms with Crippen LogP contribution in [0, 0.1) is 0 Å². The molecule has 7 nitrogen and oxygen atoms in total. The van der Waals surface area contributed by atoms with E-state index in [1.807, 2.05) is 20.8 Å². The summed E-state index contributed by atoms with van der Waals surface area (Å²) in [4.78, 5) is 37.7. The Labute approximate surface area is 257 Å². The van der Waals surface area contributed by atoms with Gasteiger partial charge in [0.2, 0.25) is 0 Å². The van der Waals surface area contributed by atoms with Crippen LogP contribution in [0.25, 0.3) is 0 Å². The molecule has 42 heavy (non-hydrogen) atoms. The number of hydrogen-bond acceptors (Lipinski definition) is 3. The number of nitrogens with zero attached hydrogens (tertiary/aromatic N) is 1. The van der Waals surface area contributed by atoms with Crippen molar-refractivity contribution in [2.75, 3.05) is 6.54 Å². The zero-order chi connectivity index (χ0) is 31.6. The van der Waals surface area contributed by atoms with Gasteiger partial charge in [-0.15, -0.1) is 0 Å². The number of carboxylic acids is 3. The summed E-state index contributed by atoms with van der Waals surface area (Å²) in [6.45, 7) is 8.15. The molecule has 0 aromatic rings. The Kier molecular flexibility index (Phi) is 24.4. The minimum atomic E-state index is -1.09. The van der Waals surface area contributed by atoms with Gasteiger partial charge >= 0.3 is 17.9 Å². The summed E-state index contributed by atoms with van der Waals surface area (Å²) in [5.41, 5.74) is 0. The Hall–Kier alpha value is -1.89. The molecule has 0 spiro atoms. The highest BCUT2D eigenvalue weighted by Gasteiger charge is 2.56. The first-order chi connectivity index (χ1) is 20.2. The molecule has 0 bridgehead atoms. The standard InChI is InChI=1S/C35H65NO6/c1-5-9-10-11-12-13-14-15-16-17-18-19-20-21-22-23-24-25-29-36(30(26-6-2)33(37)38,31(27-7-3)34(39)40)32(28-8-4)35(41)42/h19-20,30-32H,5-18,21-29H2,1-4H3,(H2-,37,38,39,40,41,42)/p+1/b20-19+. The molecular formula is C35H66NO6+. The molecular weight excluding hydrogens is 530 g/mol. The van der Waals surface area contributed by atoms with Crippen molar-refractivity contribution in [3.8, 4) is 0 Å². The lowest BCUT2D eigenvalue weighted by molar-refractivity contribution is -0.973. The van der Waals surface area contributed by atoms with E-state index in [0.717, 1.165) is 32.1 Å². The first kappa shape index (κ1) is 40.1. The Morgan fingerprint density at radius 1 is 0.476 bits per heavy atom. The van der Waals surface area contributed by atoms with Crippen LogP contribution in [-0.2, 0) is 14.4 Å². The number of rotatable bonds is 30. The summed E-state index contributed by atoms with van der Waals surface area (Å²) in [6, 6.07) is -3.16. The molecule has 3 unspecified atom stereocenters. The zero-order valence-electron chi connectivity index (χ0n) is 27.7. The van der Waals surface area contributed by atoms with Crippen molar-refractivity contribution in [1.29, 1.82) is 0 Å². The van der Waals surface area contributed by atoms with Gasteiger partial charge in [-0.25, -0.2) is 14.4 Å². The number of quaternary nitrogens is 1. The zero-order valence-corrected chi connectivity index (χ0v) is 27.7. The van der Waals surface area contributed by atoms with E-state index >= 15 is 0 Å². The highest BCUT2D eigenvalue weighted by molar-refractivity contribution is 5.78. The van der Waals surface area contributed by atoms with Crippen LogP contribution in [0.4, 0.5) is 0 Å². The van der Waals surface area contributed by atoms with Crippen LogP contribution in [-0.4, -0.2) is 62.4 Å². The SMILES string of the molecule is CCCCCCCCCCCC/C=C/CCCCCC[N+](C(CCC)C(=O)O)(C(CCC)C(=O)O)C(CCC)C(=O)O. The molecule has 3 N–H and O–H groups in total. The lowest BCUT2D eigenvalue weighted by atomic mass is 9.91. The van der Waals surface area contributed by atoms with Crippen LogP contribution in [0.2, 0.25) is 0 Å². The maximum absolute atomic E-state index is 12.6. The molecule has 7 heteroatoms. The summed E-state index contributed by atoms with van der Waals surface area (Å²) in [6.07, 6.45) is 26.1. The first-order valence-electron chi connectivity index (χ1n) is 17.4. The third-order valence-corrected chi connectivity index (χ3v) is 8.84. The van der Waals surface area contributed by atoms with E-state index in [-0.39, 0.29) is 30.3 Å². The number of unbranched alkanes of at least 4 members (excludes halogenated alkanes) is 14. The first-order valence-corrected chi connectivity index (χ1v) is 17.4. The second-order valence-electron chi connectivity index (χ2n) is 12.3. The number of aliphatic carboxylic acids is 3. The van der Waals surface area contributed by atoms with Crippen molar-refractivity contribution in [1.82, 2.24) is 0 Å². The van der Waals surface area contributed by atoms with Gasteiger partial charge in [0, 0.05) is 19.3 Å². The topological polar surface area (TPSA) is 112 Å². The molecule has 0 saturated carbocycles. The molecule has 0 aliphatic carbocycles. The molecule has 0 saturated heterocycles. The van der Waals surface area contributed by atoms with Gasteiger partial charge in [-0.2, -0.15) is 0 Å². The number of hydrogen-bond donors (Lipinski definition) is 3. The van der Waals surface area contributed by atoms with Gasteiger partial charge in [0.05, 0.1) is 6.54 Å². The van der Waals surface area contributed by atoms with Crippen molar-refractivity contribution in [3.63, 3.8) is 0 Å². The Morgan fingerprint density at radius 2 is 0.786 bits per heavy atom. The fourth-order valence-electron chi connectivity index (χ4n) is 6.63. The molecule has 0 aromatic carbocycles. The lowest BCUT2D eigenvalue weighted by Crippen LogP contribution is -2.72. The van der Waals surface area contributed by atoms with Crippen LogP contribution in [0.15, 0.2) is 12.2 Å². The van der Waals surface area contributed by atoms with E-state index in [1.165, 1.54) is 64.2 Å². The van der Waals surface area contributed by atoms with Gasteiger partial charge in [0.1, 0.15) is 0 Å². The molecule has 0 amide bonds. The molecule has 246 valence electrons. The van der Waals surface area contributed by atoms with E-state index in [1.54, 1.807) is 0 Å². The van der Waals surface area contributed by atoms with E-state index < -0.39 is 36.0 Å². The van der Waals surface area contributed by atoms with Crippen molar-refractivity contribution in [3.05, 3.63) is 12.2 Å². The second kappa shape index (κ2) is 25.6. The minimum absolute atomic E-state index is 0.263. The third-order valence-electron chi connectivity index (χ3n) is 8.84. The van der Waals surface area contributed by atoms with E-state index in [4.69, 9.17) is 0 Å². The van der Waals surface area contributed by atoms with Gasteiger partial charge in [0.15, 0.2) is 18.1 Å². The predicted molar refractivity (Wildman–Crippen MR) is 173 cm³/mol. The summed E-state index contributed by atoms with van der Waals surface area (Å²) in [5, 5.41) is 30.8. The van der Waals surface area contributed by atoms with Crippen LogP contribution in [0.5, 0.6) is 0 Å². The van der Waals surface area contributed by atoms with Crippen LogP contribution < -0.4 is 0 Å². The van der Waals surface area contributed by atoms with Gasteiger partial charge in [-0.1, -0.05) is 104 Å². The molecule has 0 fully saturated rings. The molecule has 0 aliphatic heterocycles. The molecule has 0 aliphatic rings.